The first-order valence-electron chi connectivity index (χ1n) is 5.49. The van der Waals surface area contributed by atoms with Crippen molar-refractivity contribution in [2.24, 2.45) is 0 Å². The van der Waals surface area contributed by atoms with Crippen molar-refractivity contribution in [3.05, 3.63) is 57.2 Å². The molecule has 0 aliphatic rings. The van der Waals surface area contributed by atoms with E-state index >= 15 is 0 Å². The summed E-state index contributed by atoms with van der Waals surface area (Å²) in [6, 6.07) is 12.9. The number of hydrogen-bond acceptors (Lipinski definition) is 2. The Hall–Kier alpha value is -1.56. The lowest BCUT2D eigenvalue weighted by Crippen LogP contribution is -2.13. The number of hydrogen-bond donors (Lipinski definition) is 2. The van der Waals surface area contributed by atoms with E-state index in [1.54, 1.807) is 18.2 Å². The van der Waals surface area contributed by atoms with Crippen LogP contribution in [0.3, 0.4) is 0 Å². The van der Waals surface area contributed by atoms with Crippen molar-refractivity contribution in [2.75, 3.05) is 11.1 Å². The number of carbonyl (C=O) groups is 1. The van der Waals surface area contributed by atoms with Crippen molar-refractivity contribution in [1.82, 2.24) is 0 Å². The summed E-state index contributed by atoms with van der Waals surface area (Å²) in [6.45, 7) is 1.96. The molecule has 0 unspecified atom stereocenters. The predicted molar refractivity (Wildman–Crippen MR) is 82.7 cm³/mol. The molecule has 3 N–H and O–H groups in total. The molecule has 2 aromatic rings. The molecule has 18 heavy (non-hydrogen) atoms. The first-order chi connectivity index (χ1) is 8.56. The Morgan fingerprint density at radius 2 is 1.83 bits per heavy atom. The minimum absolute atomic E-state index is 0.149. The van der Waals surface area contributed by atoms with E-state index in [4.69, 9.17) is 5.73 Å². The zero-order valence-electron chi connectivity index (χ0n) is 9.91. The smallest absolute Gasteiger partial charge is 0.255 e. The van der Waals surface area contributed by atoms with Gasteiger partial charge < -0.3 is 11.1 Å². The fourth-order valence-electron chi connectivity index (χ4n) is 1.57. The number of carbonyl (C=O) groups excluding carboxylic acids is 1. The first-order valence-corrected chi connectivity index (χ1v) is 6.57. The van der Waals surface area contributed by atoms with Gasteiger partial charge in [-0.25, -0.2) is 0 Å². The van der Waals surface area contributed by atoms with E-state index in [2.05, 4.69) is 27.9 Å². The van der Waals surface area contributed by atoms with Crippen LogP contribution in [0.5, 0.6) is 0 Å². The van der Waals surface area contributed by atoms with Crippen LogP contribution in [-0.2, 0) is 0 Å². The standard InChI is InChI=1S/C14H13IN2O/c1-9-2-7-12(16)13(8-9)17-14(18)10-3-5-11(15)6-4-10/h2-8H,16H2,1H3,(H,17,18). The van der Waals surface area contributed by atoms with Crippen LogP contribution in [0, 0.1) is 10.5 Å². The summed E-state index contributed by atoms with van der Waals surface area (Å²) in [5, 5.41) is 2.82. The maximum atomic E-state index is 12.0. The SMILES string of the molecule is Cc1ccc(N)c(NC(=O)c2ccc(I)cc2)c1. The molecule has 92 valence electrons. The molecule has 0 fully saturated rings. The van der Waals surface area contributed by atoms with Crippen LogP contribution in [0.2, 0.25) is 0 Å². The molecule has 0 saturated carbocycles. The van der Waals surface area contributed by atoms with E-state index in [1.165, 1.54) is 0 Å². The molecule has 0 aliphatic heterocycles. The lowest BCUT2D eigenvalue weighted by molar-refractivity contribution is 0.102. The van der Waals surface area contributed by atoms with Crippen molar-refractivity contribution in [3.8, 4) is 0 Å². The van der Waals surface area contributed by atoms with Gasteiger partial charge in [0.1, 0.15) is 0 Å². The lowest BCUT2D eigenvalue weighted by Gasteiger charge is -2.09. The lowest BCUT2D eigenvalue weighted by atomic mass is 10.1. The Balaban J connectivity index is 2.21. The van der Waals surface area contributed by atoms with E-state index in [9.17, 15) is 4.79 Å². The van der Waals surface area contributed by atoms with Gasteiger partial charge in [0.25, 0.3) is 5.91 Å². The highest BCUT2D eigenvalue weighted by atomic mass is 127. The fraction of sp³-hybridized carbons (Fsp3) is 0.0714. The molecule has 0 spiro atoms. The van der Waals surface area contributed by atoms with Gasteiger partial charge >= 0.3 is 0 Å². The van der Waals surface area contributed by atoms with Crippen molar-refractivity contribution in [2.45, 2.75) is 6.92 Å². The molecule has 0 radical (unpaired) electrons. The second-order valence-electron chi connectivity index (χ2n) is 4.05. The Labute approximate surface area is 120 Å². The second kappa shape index (κ2) is 5.39. The summed E-state index contributed by atoms with van der Waals surface area (Å²) in [4.78, 5) is 12.0. The summed E-state index contributed by atoms with van der Waals surface area (Å²) in [6.07, 6.45) is 0. The molecule has 2 aromatic carbocycles. The van der Waals surface area contributed by atoms with Gasteiger partial charge in [0.15, 0.2) is 0 Å². The van der Waals surface area contributed by atoms with E-state index in [0.29, 0.717) is 16.9 Å². The molecule has 0 aliphatic carbocycles. The monoisotopic (exact) mass is 352 g/mol. The van der Waals surface area contributed by atoms with E-state index in [1.807, 2.05) is 31.2 Å². The highest BCUT2D eigenvalue weighted by Crippen LogP contribution is 2.20. The average molecular weight is 352 g/mol. The van der Waals surface area contributed by atoms with Gasteiger partial charge in [-0.15, -0.1) is 0 Å². The number of halogens is 1. The van der Waals surface area contributed by atoms with Crippen LogP contribution in [0.1, 0.15) is 15.9 Å². The number of nitrogens with one attached hydrogen (secondary N) is 1. The molecular weight excluding hydrogens is 339 g/mol. The summed E-state index contributed by atoms with van der Waals surface area (Å²) in [7, 11) is 0. The third-order valence-corrected chi connectivity index (χ3v) is 3.28. The first kappa shape index (κ1) is 12.9. The number of anilines is 2. The number of amides is 1. The minimum atomic E-state index is -0.149. The quantitative estimate of drug-likeness (QED) is 0.643. The highest BCUT2D eigenvalue weighted by molar-refractivity contribution is 14.1. The van der Waals surface area contributed by atoms with E-state index in [-0.39, 0.29) is 5.91 Å². The molecule has 0 saturated heterocycles. The number of nitrogens with two attached hydrogens (primary N) is 1. The minimum Gasteiger partial charge on any atom is -0.397 e. The van der Waals surface area contributed by atoms with E-state index in [0.717, 1.165) is 9.13 Å². The molecule has 0 heterocycles. The zero-order valence-corrected chi connectivity index (χ0v) is 12.1. The predicted octanol–water partition coefficient (Wildman–Crippen LogP) is 3.43. The van der Waals surface area contributed by atoms with Gasteiger partial charge in [0.05, 0.1) is 11.4 Å². The van der Waals surface area contributed by atoms with Crippen LogP contribution in [-0.4, -0.2) is 5.91 Å². The Morgan fingerprint density at radius 1 is 1.17 bits per heavy atom. The summed E-state index contributed by atoms with van der Waals surface area (Å²) >= 11 is 2.20. The van der Waals surface area contributed by atoms with Gasteiger partial charge in [0.2, 0.25) is 0 Å². The van der Waals surface area contributed by atoms with Crippen LogP contribution in [0.15, 0.2) is 42.5 Å². The molecule has 4 heteroatoms. The second-order valence-corrected chi connectivity index (χ2v) is 5.30. The highest BCUT2D eigenvalue weighted by Gasteiger charge is 2.07. The van der Waals surface area contributed by atoms with Gasteiger partial charge in [-0.3, -0.25) is 4.79 Å². The van der Waals surface area contributed by atoms with Gasteiger partial charge in [0, 0.05) is 9.13 Å². The van der Waals surface area contributed by atoms with E-state index < -0.39 is 0 Å². The molecular formula is C14H13IN2O. The number of aryl methyl sites for hydroxylation is 1. The maximum absolute atomic E-state index is 12.0. The number of benzene rings is 2. The third-order valence-electron chi connectivity index (χ3n) is 2.56. The zero-order chi connectivity index (χ0) is 13.1. The van der Waals surface area contributed by atoms with Crippen molar-refractivity contribution in [3.63, 3.8) is 0 Å². The molecule has 2 rings (SSSR count). The van der Waals surface area contributed by atoms with Crippen molar-refractivity contribution < 1.29 is 4.79 Å². The number of nitrogen functional groups attached to an aromatic ring is 1. The van der Waals surface area contributed by atoms with Crippen LogP contribution >= 0.6 is 22.6 Å². The summed E-state index contributed by atoms with van der Waals surface area (Å²) < 4.78 is 1.10. The van der Waals surface area contributed by atoms with Crippen LogP contribution in [0.25, 0.3) is 0 Å². The van der Waals surface area contributed by atoms with Crippen molar-refractivity contribution >= 4 is 39.9 Å². The molecule has 1 amide bonds. The van der Waals surface area contributed by atoms with Crippen molar-refractivity contribution in [1.29, 1.82) is 0 Å². The van der Waals surface area contributed by atoms with Gasteiger partial charge in [-0.05, 0) is 71.5 Å². The van der Waals surface area contributed by atoms with Crippen LogP contribution in [0.4, 0.5) is 11.4 Å². The van der Waals surface area contributed by atoms with Gasteiger partial charge in [-0.1, -0.05) is 6.07 Å². The van der Waals surface area contributed by atoms with Crippen LogP contribution < -0.4 is 11.1 Å². The fourth-order valence-corrected chi connectivity index (χ4v) is 1.93. The normalized spacial score (nSPS) is 10.1. The average Bonchev–Trinajstić information content (AvgIpc) is 2.34. The molecule has 0 bridgehead atoms. The molecule has 3 nitrogen and oxygen atoms in total. The largest absolute Gasteiger partial charge is 0.397 e. The van der Waals surface area contributed by atoms with Gasteiger partial charge in [-0.2, -0.15) is 0 Å². The molecule has 0 aromatic heterocycles. The summed E-state index contributed by atoms with van der Waals surface area (Å²) in [5.41, 5.74) is 8.72. The Morgan fingerprint density at radius 3 is 2.50 bits per heavy atom. The topological polar surface area (TPSA) is 55.1 Å². The number of rotatable bonds is 2. The molecule has 0 atom stereocenters. The Kier molecular flexibility index (Phi) is 3.86. The Bertz CT molecular complexity index is 579. The maximum Gasteiger partial charge on any atom is 0.255 e. The third kappa shape index (κ3) is 3.01. The summed E-state index contributed by atoms with van der Waals surface area (Å²) in [5.74, 6) is -0.149.